The van der Waals surface area contributed by atoms with Crippen molar-refractivity contribution < 1.29 is 9.90 Å². The molecule has 1 saturated carbocycles. The lowest BCUT2D eigenvalue weighted by molar-refractivity contribution is -0.128. The van der Waals surface area contributed by atoms with Crippen LogP contribution in [0.5, 0.6) is 0 Å². The number of hydrogen-bond acceptors (Lipinski definition) is 2. The van der Waals surface area contributed by atoms with Gasteiger partial charge in [0, 0.05) is 12.3 Å². The first kappa shape index (κ1) is 10.4. The quantitative estimate of drug-likeness (QED) is 0.803. The van der Waals surface area contributed by atoms with Gasteiger partial charge < -0.3 is 5.11 Å². The van der Waals surface area contributed by atoms with Crippen molar-refractivity contribution in [2.24, 2.45) is 5.92 Å². The summed E-state index contributed by atoms with van der Waals surface area (Å²) in [7, 11) is 0. The summed E-state index contributed by atoms with van der Waals surface area (Å²) in [5.74, 6) is 0.0405. The number of aliphatic hydroxyl groups is 1. The summed E-state index contributed by atoms with van der Waals surface area (Å²) < 4.78 is 0. The fraction of sp³-hybridized carbons (Fsp3) is 0.462. The number of rotatable bonds is 2. The molecule has 2 rings (SSSR count). The number of aliphatic hydroxyl groups excluding tert-OH is 1. The van der Waals surface area contributed by atoms with Gasteiger partial charge >= 0.3 is 0 Å². The Morgan fingerprint density at radius 3 is 2.60 bits per heavy atom. The summed E-state index contributed by atoms with van der Waals surface area (Å²) in [6.07, 6.45) is 2.89. The van der Waals surface area contributed by atoms with E-state index in [1.807, 2.05) is 30.3 Å². The summed E-state index contributed by atoms with van der Waals surface area (Å²) in [5.41, 5.74) is 0.859. The van der Waals surface area contributed by atoms with E-state index in [4.69, 9.17) is 0 Å². The van der Waals surface area contributed by atoms with Crippen molar-refractivity contribution in [3.63, 3.8) is 0 Å². The van der Waals surface area contributed by atoms with E-state index in [1.165, 1.54) is 0 Å². The predicted molar refractivity (Wildman–Crippen MR) is 58.4 cm³/mol. The van der Waals surface area contributed by atoms with Crippen LogP contribution in [0.15, 0.2) is 30.3 Å². The van der Waals surface area contributed by atoms with Crippen molar-refractivity contribution in [3.8, 4) is 0 Å². The number of ketones is 1. The van der Waals surface area contributed by atoms with Crippen molar-refractivity contribution >= 4 is 5.78 Å². The lowest BCUT2D eigenvalue weighted by Gasteiger charge is -2.25. The molecule has 2 heteroatoms. The molecule has 0 amide bonds. The van der Waals surface area contributed by atoms with E-state index in [9.17, 15) is 9.90 Å². The van der Waals surface area contributed by atoms with Crippen molar-refractivity contribution in [1.29, 1.82) is 0 Å². The van der Waals surface area contributed by atoms with Crippen LogP contribution in [0, 0.1) is 5.92 Å². The molecule has 1 unspecified atom stereocenters. The van der Waals surface area contributed by atoms with Crippen molar-refractivity contribution in [2.45, 2.75) is 31.8 Å². The average molecular weight is 204 g/mol. The van der Waals surface area contributed by atoms with E-state index >= 15 is 0 Å². The average Bonchev–Trinajstić information content (AvgIpc) is 2.30. The first-order chi connectivity index (χ1) is 7.29. The van der Waals surface area contributed by atoms with E-state index in [1.54, 1.807) is 0 Å². The van der Waals surface area contributed by atoms with Gasteiger partial charge in [0.25, 0.3) is 0 Å². The van der Waals surface area contributed by atoms with Gasteiger partial charge in [-0.2, -0.15) is 0 Å². The highest BCUT2D eigenvalue weighted by Crippen LogP contribution is 2.31. The normalized spacial score (nSPS) is 23.8. The zero-order valence-corrected chi connectivity index (χ0v) is 8.73. The van der Waals surface area contributed by atoms with Crippen LogP contribution in [0.1, 0.15) is 37.4 Å². The highest BCUT2D eigenvalue weighted by Gasteiger charge is 2.29. The van der Waals surface area contributed by atoms with Gasteiger partial charge in [-0.05, 0) is 18.4 Å². The minimum Gasteiger partial charge on any atom is -0.388 e. The lowest BCUT2D eigenvalue weighted by atomic mass is 9.82. The smallest absolute Gasteiger partial charge is 0.138 e. The topological polar surface area (TPSA) is 37.3 Å². The molecule has 1 aliphatic carbocycles. The fourth-order valence-corrected chi connectivity index (χ4v) is 2.23. The van der Waals surface area contributed by atoms with Gasteiger partial charge in [-0.1, -0.05) is 36.8 Å². The molecule has 1 fully saturated rings. The minimum absolute atomic E-state index is 0.179. The Balaban J connectivity index is 2.13. The molecule has 0 heterocycles. The fourth-order valence-electron chi connectivity index (χ4n) is 2.23. The van der Waals surface area contributed by atoms with E-state index < -0.39 is 6.10 Å². The van der Waals surface area contributed by atoms with E-state index in [2.05, 4.69) is 0 Å². The molecular formula is C13H16O2. The monoisotopic (exact) mass is 204 g/mol. The van der Waals surface area contributed by atoms with Crippen LogP contribution in [0.2, 0.25) is 0 Å². The molecule has 0 radical (unpaired) electrons. The summed E-state index contributed by atoms with van der Waals surface area (Å²) in [5, 5.41) is 10.1. The molecule has 0 aliphatic heterocycles. The lowest BCUT2D eigenvalue weighted by Crippen LogP contribution is -2.25. The zero-order chi connectivity index (χ0) is 10.7. The first-order valence-corrected chi connectivity index (χ1v) is 5.55. The maximum absolute atomic E-state index is 11.6. The van der Waals surface area contributed by atoms with Crippen LogP contribution in [-0.2, 0) is 4.79 Å². The maximum Gasteiger partial charge on any atom is 0.138 e. The number of Topliss-reactive ketones (excluding diaryl/α,β-unsaturated/α-hetero) is 1. The van der Waals surface area contributed by atoms with E-state index in [0.717, 1.165) is 24.8 Å². The van der Waals surface area contributed by atoms with Crippen LogP contribution in [-0.4, -0.2) is 10.9 Å². The Labute approximate surface area is 89.9 Å². The van der Waals surface area contributed by atoms with Gasteiger partial charge in [-0.25, -0.2) is 0 Å². The molecule has 0 bridgehead atoms. The first-order valence-electron chi connectivity index (χ1n) is 5.55. The van der Waals surface area contributed by atoms with Gasteiger partial charge in [0.2, 0.25) is 0 Å². The third-order valence-corrected chi connectivity index (χ3v) is 3.12. The Morgan fingerprint density at radius 1 is 1.20 bits per heavy atom. The van der Waals surface area contributed by atoms with Crippen LogP contribution < -0.4 is 0 Å². The van der Waals surface area contributed by atoms with Gasteiger partial charge in [0.15, 0.2) is 0 Å². The second kappa shape index (κ2) is 4.58. The summed E-state index contributed by atoms with van der Waals surface area (Å²) in [6.45, 7) is 0. The second-order valence-corrected chi connectivity index (χ2v) is 4.17. The molecule has 0 spiro atoms. The van der Waals surface area contributed by atoms with Crippen molar-refractivity contribution in [1.82, 2.24) is 0 Å². The minimum atomic E-state index is -0.612. The zero-order valence-electron chi connectivity index (χ0n) is 8.73. The SMILES string of the molecule is O=C1CCCC[C@H]1C(O)c1ccccc1. The predicted octanol–water partition coefficient (Wildman–Crippen LogP) is 2.48. The van der Waals surface area contributed by atoms with Gasteiger partial charge in [0.1, 0.15) is 5.78 Å². The third-order valence-electron chi connectivity index (χ3n) is 3.12. The molecule has 15 heavy (non-hydrogen) atoms. The summed E-state index contributed by atoms with van der Waals surface area (Å²) >= 11 is 0. The van der Waals surface area contributed by atoms with Crippen molar-refractivity contribution in [2.75, 3.05) is 0 Å². The highest BCUT2D eigenvalue weighted by atomic mass is 16.3. The Kier molecular flexibility index (Phi) is 3.17. The molecule has 80 valence electrons. The van der Waals surface area contributed by atoms with Crippen LogP contribution >= 0.6 is 0 Å². The van der Waals surface area contributed by atoms with Gasteiger partial charge in [-0.3, -0.25) is 4.79 Å². The largest absolute Gasteiger partial charge is 0.388 e. The maximum atomic E-state index is 11.6. The highest BCUT2D eigenvalue weighted by molar-refractivity contribution is 5.82. The molecule has 0 saturated heterocycles. The molecule has 0 aromatic heterocycles. The summed E-state index contributed by atoms with van der Waals surface area (Å²) in [6, 6.07) is 9.47. The van der Waals surface area contributed by atoms with E-state index in [-0.39, 0.29) is 11.7 Å². The molecule has 1 aromatic carbocycles. The number of hydrogen-bond donors (Lipinski definition) is 1. The molecule has 2 nitrogen and oxygen atoms in total. The van der Waals surface area contributed by atoms with Crippen LogP contribution in [0.4, 0.5) is 0 Å². The molecule has 1 aliphatic rings. The molecular weight excluding hydrogens is 188 g/mol. The third kappa shape index (κ3) is 2.26. The number of carbonyl (C=O) groups excluding carboxylic acids is 1. The Bertz CT molecular complexity index is 332. The number of benzene rings is 1. The Morgan fingerprint density at radius 2 is 1.93 bits per heavy atom. The molecule has 1 N–H and O–H groups in total. The second-order valence-electron chi connectivity index (χ2n) is 4.17. The Hall–Kier alpha value is -1.15. The van der Waals surface area contributed by atoms with Crippen LogP contribution in [0.3, 0.4) is 0 Å². The number of carbonyl (C=O) groups is 1. The van der Waals surface area contributed by atoms with E-state index in [0.29, 0.717) is 6.42 Å². The molecule has 1 aromatic rings. The standard InChI is InChI=1S/C13H16O2/c14-12-9-5-4-8-11(12)13(15)10-6-2-1-3-7-10/h1-3,6-7,11,13,15H,4-5,8-9H2/t11-,13?/m1/s1. The van der Waals surface area contributed by atoms with Crippen molar-refractivity contribution in [3.05, 3.63) is 35.9 Å². The van der Waals surface area contributed by atoms with Gasteiger partial charge in [-0.15, -0.1) is 0 Å². The van der Waals surface area contributed by atoms with Gasteiger partial charge in [0.05, 0.1) is 6.10 Å². The van der Waals surface area contributed by atoms with Crippen LogP contribution in [0.25, 0.3) is 0 Å². The molecule has 2 atom stereocenters. The summed E-state index contributed by atoms with van der Waals surface area (Å²) in [4.78, 5) is 11.6.